The van der Waals surface area contributed by atoms with Gasteiger partial charge in [-0.3, -0.25) is 14.7 Å². The molecule has 0 bridgehead atoms. The second-order valence-electron chi connectivity index (χ2n) is 6.44. The Kier molecular flexibility index (Phi) is 9.39. The first kappa shape index (κ1) is 23.1. The van der Waals surface area contributed by atoms with Crippen LogP contribution in [0, 0.1) is 5.82 Å². The summed E-state index contributed by atoms with van der Waals surface area (Å²) in [7, 11) is 1.27. The summed E-state index contributed by atoms with van der Waals surface area (Å²) in [5.74, 6) is -1.49. The Morgan fingerprint density at radius 1 is 1.38 bits per heavy atom. The lowest BCUT2D eigenvalue weighted by molar-refractivity contribution is -0.143. The van der Waals surface area contributed by atoms with E-state index in [1.807, 2.05) is 0 Å². The molecular formula is C18H26FN3O6S. The Balaban J connectivity index is 1.88. The summed E-state index contributed by atoms with van der Waals surface area (Å²) in [6.07, 6.45) is 4.28. The minimum absolute atomic E-state index is 0.0201. The van der Waals surface area contributed by atoms with Gasteiger partial charge in [-0.2, -0.15) is 4.98 Å². The second-order valence-corrected chi connectivity index (χ2v) is 7.63. The van der Waals surface area contributed by atoms with E-state index in [-0.39, 0.29) is 13.0 Å². The highest BCUT2D eigenvalue weighted by atomic mass is 32.2. The third-order valence-corrected chi connectivity index (χ3v) is 5.34. The van der Waals surface area contributed by atoms with Crippen LogP contribution in [0.2, 0.25) is 0 Å². The van der Waals surface area contributed by atoms with Gasteiger partial charge in [0, 0.05) is 5.75 Å². The van der Waals surface area contributed by atoms with Gasteiger partial charge in [-0.25, -0.2) is 14.0 Å². The van der Waals surface area contributed by atoms with E-state index in [2.05, 4.69) is 22.0 Å². The monoisotopic (exact) mass is 431 g/mol. The van der Waals surface area contributed by atoms with E-state index in [0.29, 0.717) is 12.2 Å². The molecular weight excluding hydrogens is 405 g/mol. The highest BCUT2D eigenvalue weighted by Gasteiger charge is 2.30. The molecule has 0 unspecified atom stereocenters. The fraction of sp³-hybridized carbons (Fsp3) is 0.667. The first-order chi connectivity index (χ1) is 13.9. The fourth-order valence-corrected chi connectivity index (χ4v) is 3.74. The summed E-state index contributed by atoms with van der Waals surface area (Å²) in [6.45, 7) is 2.32. The maximum absolute atomic E-state index is 14.3. The zero-order valence-corrected chi connectivity index (χ0v) is 17.3. The maximum Gasteiger partial charge on any atom is 0.412 e. The number of ether oxygens (including phenoxy) is 3. The van der Waals surface area contributed by atoms with Crippen LogP contribution in [-0.4, -0.2) is 46.5 Å². The maximum atomic E-state index is 14.3. The molecule has 2 heterocycles. The lowest BCUT2D eigenvalue weighted by atomic mass is 10.2. The minimum Gasteiger partial charge on any atom is -0.469 e. The molecule has 0 aliphatic carbocycles. The van der Waals surface area contributed by atoms with Gasteiger partial charge in [-0.1, -0.05) is 32.6 Å². The lowest BCUT2D eigenvalue weighted by Gasteiger charge is -2.15. The molecule has 1 aliphatic heterocycles. The largest absolute Gasteiger partial charge is 0.469 e. The van der Waals surface area contributed by atoms with Crippen molar-refractivity contribution in [2.75, 3.05) is 24.8 Å². The van der Waals surface area contributed by atoms with Gasteiger partial charge < -0.3 is 14.2 Å². The molecule has 1 N–H and O–H groups in total. The predicted octanol–water partition coefficient (Wildman–Crippen LogP) is 3.05. The third-order valence-electron chi connectivity index (χ3n) is 4.21. The highest BCUT2D eigenvalue weighted by molar-refractivity contribution is 8.00. The number of methoxy groups -OCH3 is 1. The van der Waals surface area contributed by atoms with Crippen LogP contribution in [0.25, 0.3) is 0 Å². The quantitative estimate of drug-likeness (QED) is 0.445. The number of rotatable bonds is 10. The van der Waals surface area contributed by atoms with E-state index in [9.17, 15) is 18.8 Å². The van der Waals surface area contributed by atoms with Crippen molar-refractivity contribution < 1.29 is 28.2 Å². The Labute approximate surface area is 172 Å². The standard InChI is InChI=1S/C18H26FN3O6S/c1-3-4-5-6-7-8-27-18(25)21-16-12(19)10-22(17(24)20-16)13-11-29-15(28-13)9-14(23)26-2/h10,13,15H,3-9,11H2,1-2H3,(H,20,21,24,25)/t13-,15+/m0/s1. The molecule has 1 aliphatic rings. The number of hydrogen-bond acceptors (Lipinski definition) is 8. The molecule has 162 valence electrons. The summed E-state index contributed by atoms with van der Waals surface area (Å²) in [4.78, 5) is 38.9. The normalized spacial score (nSPS) is 18.4. The first-order valence-corrected chi connectivity index (χ1v) is 10.6. The van der Waals surface area contributed by atoms with Crippen LogP contribution < -0.4 is 11.0 Å². The molecule has 1 fully saturated rings. The predicted molar refractivity (Wildman–Crippen MR) is 105 cm³/mol. The first-order valence-electron chi connectivity index (χ1n) is 9.51. The third kappa shape index (κ3) is 7.32. The lowest BCUT2D eigenvalue weighted by Crippen LogP contribution is -2.30. The number of amides is 1. The van der Waals surface area contributed by atoms with Gasteiger partial charge in [0.2, 0.25) is 0 Å². The molecule has 2 atom stereocenters. The Hall–Kier alpha value is -2.14. The van der Waals surface area contributed by atoms with Crippen LogP contribution in [0.1, 0.15) is 51.7 Å². The SMILES string of the molecule is CCCCCCCOC(=O)Nc1nc(=O)n([C@@H]2CS[C@H](CC(=O)OC)O2)cc1F. The van der Waals surface area contributed by atoms with Crippen LogP contribution in [0.5, 0.6) is 0 Å². The summed E-state index contributed by atoms with van der Waals surface area (Å²) >= 11 is 1.31. The van der Waals surface area contributed by atoms with Crippen LogP contribution in [0.15, 0.2) is 11.0 Å². The molecule has 2 rings (SSSR count). The summed E-state index contributed by atoms with van der Waals surface area (Å²) in [5.41, 5.74) is -1.28. The molecule has 1 aromatic rings. The zero-order chi connectivity index (χ0) is 21.2. The molecule has 11 heteroatoms. The molecule has 29 heavy (non-hydrogen) atoms. The van der Waals surface area contributed by atoms with Crippen molar-refractivity contribution in [2.24, 2.45) is 0 Å². The van der Waals surface area contributed by atoms with Crippen LogP contribution in [0.3, 0.4) is 0 Å². The second kappa shape index (κ2) is 11.8. The number of aromatic nitrogens is 2. The van der Waals surface area contributed by atoms with E-state index in [1.165, 1.54) is 18.9 Å². The van der Waals surface area contributed by atoms with Crippen molar-refractivity contribution in [1.82, 2.24) is 9.55 Å². The van der Waals surface area contributed by atoms with E-state index >= 15 is 0 Å². The number of nitrogens with one attached hydrogen (secondary N) is 1. The molecule has 0 saturated carbocycles. The van der Waals surface area contributed by atoms with Gasteiger partial charge in [-0.05, 0) is 6.42 Å². The number of unbranched alkanes of at least 4 members (excludes halogenated alkanes) is 4. The smallest absolute Gasteiger partial charge is 0.412 e. The number of anilines is 1. The van der Waals surface area contributed by atoms with Gasteiger partial charge in [0.25, 0.3) is 0 Å². The number of thioether (sulfide) groups is 1. The highest BCUT2D eigenvalue weighted by Crippen LogP contribution is 2.33. The van der Waals surface area contributed by atoms with Crippen molar-refractivity contribution in [1.29, 1.82) is 0 Å². The number of carbonyl (C=O) groups excluding carboxylic acids is 2. The van der Waals surface area contributed by atoms with Gasteiger partial charge in [0.15, 0.2) is 11.6 Å². The van der Waals surface area contributed by atoms with Crippen LogP contribution >= 0.6 is 11.8 Å². The van der Waals surface area contributed by atoms with Gasteiger partial charge in [0.1, 0.15) is 11.7 Å². The number of halogens is 1. The van der Waals surface area contributed by atoms with Crippen molar-refractivity contribution in [3.8, 4) is 0 Å². The number of esters is 1. The zero-order valence-electron chi connectivity index (χ0n) is 16.5. The Morgan fingerprint density at radius 3 is 2.86 bits per heavy atom. The fourth-order valence-electron chi connectivity index (χ4n) is 2.66. The minimum atomic E-state index is -0.894. The summed E-state index contributed by atoms with van der Waals surface area (Å²) < 4.78 is 30.4. The van der Waals surface area contributed by atoms with E-state index in [0.717, 1.165) is 36.4 Å². The van der Waals surface area contributed by atoms with Gasteiger partial charge in [-0.15, -0.1) is 11.8 Å². The summed E-state index contributed by atoms with van der Waals surface area (Å²) in [6, 6.07) is 0. The van der Waals surface area contributed by atoms with Crippen LogP contribution in [0.4, 0.5) is 15.0 Å². The molecule has 1 amide bonds. The van der Waals surface area contributed by atoms with E-state index in [4.69, 9.17) is 9.47 Å². The molecule has 0 spiro atoms. The number of nitrogens with zero attached hydrogens (tertiary/aromatic N) is 2. The van der Waals surface area contributed by atoms with Gasteiger partial charge >= 0.3 is 17.8 Å². The Morgan fingerprint density at radius 2 is 2.14 bits per heavy atom. The van der Waals surface area contributed by atoms with Crippen molar-refractivity contribution in [2.45, 2.75) is 57.1 Å². The molecule has 1 aromatic heterocycles. The number of carbonyl (C=O) groups is 2. The van der Waals surface area contributed by atoms with Crippen molar-refractivity contribution in [3.05, 3.63) is 22.5 Å². The Bertz CT molecular complexity index is 760. The molecule has 9 nitrogen and oxygen atoms in total. The topological polar surface area (TPSA) is 109 Å². The molecule has 0 radical (unpaired) electrons. The van der Waals surface area contributed by atoms with E-state index in [1.54, 1.807) is 0 Å². The average molecular weight is 431 g/mol. The molecule has 1 saturated heterocycles. The van der Waals surface area contributed by atoms with Gasteiger partial charge in [0.05, 0.1) is 26.3 Å². The number of hydrogen-bond donors (Lipinski definition) is 1. The summed E-state index contributed by atoms with van der Waals surface area (Å²) in [5, 5.41) is 2.15. The van der Waals surface area contributed by atoms with Crippen molar-refractivity contribution >= 4 is 29.6 Å². The van der Waals surface area contributed by atoms with Crippen molar-refractivity contribution in [3.63, 3.8) is 0 Å². The molecule has 0 aromatic carbocycles. The average Bonchev–Trinajstić information content (AvgIpc) is 3.15. The van der Waals surface area contributed by atoms with E-state index < -0.39 is 41.1 Å². The van der Waals surface area contributed by atoms with Crippen LogP contribution in [-0.2, 0) is 19.0 Å².